The van der Waals surface area contributed by atoms with Gasteiger partial charge in [-0.1, -0.05) is 17.7 Å². The van der Waals surface area contributed by atoms with Crippen molar-refractivity contribution in [2.24, 2.45) is 0 Å². The molecule has 0 aliphatic heterocycles. The SMILES string of the molecule is Cc1cc(F)c(C(C)Nc2cccc(Cl)c2F)cc1F. The first-order chi connectivity index (χ1) is 9.40. The van der Waals surface area contributed by atoms with E-state index in [-0.39, 0.29) is 21.8 Å². The van der Waals surface area contributed by atoms with Crippen LogP contribution in [0.25, 0.3) is 0 Å². The topological polar surface area (TPSA) is 12.0 Å². The Kier molecular flexibility index (Phi) is 4.23. The van der Waals surface area contributed by atoms with Crippen LogP contribution in [0, 0.1) is 24.4 Å². The van der Waals surface area contributed by atoms with E-state index < -0.39 is 23.5 Å². The first kappa shape index (κ1) is 14.7. The van der Waals surface area contributed by atoms with E-state index in [2.05, 4.69) is 5.32 Å². The Labute approximate surface area is 120 Å². The minimum Gasteiger partial charge on any atom is -0.376 e. The Morgan fingerprint density at radius 2 is 1.80 bits per heavy atom. The second-order valence-electron chi connectivity index (χ2n) is 4.59. The number of hydrogen-bond donors (Lipinski definition) is 1. The van der Waals surface area contributed by atoms with Crippen molar-refractivity contribution in [1.82, 2.24) is 0 Å². The molecule has 0 saturated carbocycles. The molecule has 2 rings (SSSR count). The second-order valence-corrected chi connectivity index (χ2v) is 5.00. The fraction of sp³-hybridized carbons (Fsp3) is 0.200. The summed E-state index contributed by atoms with van der Waals surface area (Å²) in [6.45, 7) is 3.10. The molecule has 5 heteroatoms. The second kappa shape index (κ2) is 5.75. The average molecular weight is 300 g/mol. The normalized spacial score (nSPS) is 12.3. The van der Waals surface area contributed by atoms with Crippen molar-refractivity contribution in [2.45, 2.75) is 19.9 Å². The highest BCUT2D eigenvalue weighted by atomic mass is 35.5. The van der Waals surface area contributed by atoms with Crippen LogP contribution in [-0.2, 0) is 0 Å². The summed E-state index contributed by atoms with van der Waals surface area (Å²) in [5.74, 6) is -1.65. The number of benzene rings is 2. The van der Waals surface area contributed by atoms with E-state index >= 15 is 0 Å². The zero-order valence-corrected chi connectivity index (χ0v) is 11.7. The number of anilines is 1. The largest absolute Gasteiger partial charge is 0.376 e. The van der Waals surface area contributed by atoms with Gasteiger partial charge in [-0.25, -0.2) is 13.2 Å². The molecule has 0 heterocycles. The summed E-state index contributed by atoms with van der Waals surface area (Å²) < 4.78 is 41.1. The molecule has 0 aromatic heterocycles. The number of nitrogens with one attached hydrogen (secondary N) is 1. The smallest absolute Gasteiger partial charge is 0.164 e. The van der Waals surface area contributed by atoms with Gasteiger partial charge in [0.05, 0.1) is 16.8 Å². The summed E-state index contributed by atoms with van der Waals surface area (Å²) in [5.41, 5.74) is 0.505. The molecule has 0 bridgehead atoms. The van der Waals surface area contributed by atoms with Crippen LogP contribution in [0.15, 0.2) is 30.3 Å². The Morgan fingerprint density at radius 3 is 2.50 bits per heavy atom. The van der Waals surface area contributed by atoms with Crippen LogP contribution in [0.2, 0.25) is 5.02 Å². The number of rotatable bonds is 3. The third kappa shape index (κ3) is 2.90. The van der Waals surface area contributed by atoms with Gasteiger partial charge >= 0.3 is 0 Å². The van der Waals surface area contributed by atoms with Crippen molar-refractivity contribution in [3.8, 4) is 0 Å². The minimum absolute atomic E-state index is 0.0299. The van der Waals surface area contributed by atoms with Gasteiger partial charge in [0.1, 0.15) is 11.6 Å². The summed E-state index contributed by atoms with van der Waals surface area (Å²) in [7, 11) is 0. The molecular formula is C15H13ClF3N. The first-order valence-electron chi connectivity index (χ1n) is 6.06. The summed E-state index contributed by atoms with van der Waals surface area (Å²) in [6, 6.07) is 6.12. The van der Waals surface area contributed by atoms with E-state index in [9.17, 15) is 13.2 Å². The maximum Gasteiger partial charge on any atom is 0.164 e. The molecule has 1 nitrogen and oxygen atoms in total. The highest BCUT2D eigenvalue weighted by Gasteiger charge is 2.16. The van der Waals surface area contributed by atoms with Gasteiger partial charge < -0.3 is 5.32 Å². The van der Waals surface area contributed by atoms with E-state index in [4.69, 9.17) is 11.6 Å². The molecule has 0 spiro atoms. The molecule has 2 aromatic carbocycles. The Balaban J connectivity index is 2.31. The molecule has 20 heavy (non-hydrogen) atoms. The van der Waals surface area contributed by atoms with Crippen molar-refractivity contribution in [3.63, 3.8) is 0 Å². The third-order valence-corrected chi connectivity index (χ3v) is 3.36. The van der Waals surface area contributed by atoms with Crippen LogP contribution in [0.1, 0.15) is 24.1 Å². The summed E-state index contributed by atoms with van der Waals surface area (Å²) in [4.78, 5) is 0. The highest BCUT2D eigenvalue weighted by molar-refractivity contribution is 6.31. The maximum atomic E-state index is 13.8. The molecule has 0 fully saturated rings. The van der Waals surface area contributed by atoms with Crippen LogP contribution < -0.4 is 5.32 Å². The van der Waals surface area contributed by atoms with Crippen molar-refractivity contribution in [3.05, 3.63) is 63.9 Å². The van der Waals surface area contributed by atoms with E-state index in [0.29, 0.717) is 0 Å². The molecule has 0 amide bonds. The lowest BCUT2D eigenvalue weighted by atomic mass is 10.0. The van der Waals surface area contributed by atoms with Crippen LogP contribution in [0.3, 0.4) is 0 Å². The van der Waals surface area contributed by atoms with Gasteiger partial charge in [0.15, 0.2) is 5.82 Å². The molecule has 0 saturated heterocycles. The van der Waals surface area contributed by atoms with Gasteiger partial charge in [-0.15, -0.1) is 0 Å². The molecule has 1 unspecified atom stereocenters. The van der Waals surface area contributed by atoms with Gasteiger partial charge in [-0.05, 0) is 43.7 Å². The van der Waals surface area contributed by atoms with Crippen molar-refractivity contribution < 1.29 is 13.2 Å². The molecule has 2 aromatic rings. The van der Waals surface area contributed by atoms with Crippen LogP contribution >= 0.6 is 11.6 Å². The van der Waals surface area contributed by atoms with Gasteiger partial charge in [0, 0.05) is 5.56 Å². The number of halogens is 4. The van der Waals surface area contributed by atoms with Gasteiger partial charge in [-0.3, -0.25) is 0 Å². The fourth-order valence-corrected chi connectivity index (χ4v) is 2.09. The summed E-state index contributed by atoms with van der Waals surface area (Å²) in [5, 5.41) is 2.76. The summed E-state index contributed by atoms with van der Waals surface area (Å²) >= 11 is 5.67. The average Bonchev–Trinajstić information content (AvgIpc) is 2.39. The van der Waals surface area contributed by atoms with Crippen LogP contribution in [-0.4, -0.2) is 0 Å². The number of hydrogen-bond acceptors (Lipinski definition) is 1. The zero-order valence-electron chi connectivity index (χ0n) is 11.0. The zero-order chi connectivity index (χ0) is 14.9. The molecule has 1 N–H and O–H groups in total. The lowest BCUT2D eigenvalue weighted by molar-refractivity contribution is 0.569. The van der Waals surface area contributed by atoms with E-state index in [1.165, 1.54) is 19.1 Å². The van der Waals surface area contributed by atoms with E-state index in [1.807, 2.05) is 0 Å². The minimum atomic E-state index is -0.617. The Bertz CT molecular complexity index is 643. The Hall–Kier alpha value is -1.68. The molecular weight excluding hydrogens is 287 g/mol. The Morgan fingerprint density at radius 1 is 1.10 bits per heavy atom. The predicted octanol–water partition coefficient (Wildman–Crippen LogP) is 5.24. The molecule has 0 aliphatic rings. The quantitative estimate of drug-likeness (QED) is 0.817. The lowest BCUT2D eigenvalue weighted by Crippen LogP contribution is -2.10. The predicted molar refractivity (Wildman–Crippen MR) is 74.5 cm³/mol. The third-order valence-electron chi connectivity index (χ3n) is 3.07. The van der Waals surface area contributed by atoms with Crippen LogP contribution in [0.5, 0.6) is 0 Å². The van der Waals surface area contributed by atoms with Crippen molar-refractivity contribution >= 4 is 17.3 Å². The van der Waals surface area contributed by atoms with Crippen LogP contribution in [0.4, 0.5) is 18.9 Å². The maximum absolute atomic E-state index is 13.8. The van der Waals surface area contributed by atoms with E-state index in [1.54, 1.807) is 13.0 Å². The summed E-state index contributed by atoms with van der Waals surface area (Å²) in [6.07, 6.45) is 0. The highest BCUT2D eigenvalue weighted by Crippen LogP contribution is 2.28. The van der Waals surface area contributed by atoms with Crippen molar-refractivity contribution in [1.29, 1.82) is 0 Å². The number of aryl methyl sites for hydroxylation is 1. The van der Waals surface area contributed by atoms with Gasteiger partial charge in [0.25, 0.3) is 0 Å². The van der Waals surface area contributed by atoms with Crippen molar-refractivity contribution in [2.75, 3.05) is 5.32 Å². The molecule has 0 radical (unpaired) electrons. The molecule has 106 valence electrons. The molecule has 0 aliphatic carbocycles. The monoisotopic (exact) mass is 299 g/mol. The van der Waals surface area contributed by atoms with Gasteiger partial charge in [0.2, 0.25) is 0 Å². The van der Waals surface area contributed by atoms with Gasteiger partial charge in [-0.2, -0.15) is 0 Å². The van der Waals surface area contributed by atoms with E-state index in [0.717, 1.165) is 12.1 Å². The lowest BCUT2D eigenvalue weighted by Gasteiger charge is -2.18. The molecule has 1 atom stereocenters. The fourth-order valence-electron chi connectivity index (χ4n) is 1.92. The first-order valence-corrected chi connectivity index (χ1v) is 6.44. The standard InChI is InChI=1S/C15H13ClF3N/c1-8-6-13(18)10(7-12(8)17)9(2)20-14-5-3-4-11(16)15(14)19/h3-7,9,20H,1-2H3.